The van der Waals surface area contributed by atoms with Crippen molar-refractivity contribution in [2.75, 3.05) is 24.3 Å². The fraction of sp³-hybridized carbons (Fsp3) is 0.174. The van der Waals surface area contributed by atoms with Crippen LogP contribution in [-0.2, 0) is 6.42 Å². The molecule has 0 bridgehead atoms. The SMILES string of the molecule is Cc1cnc2c(c1)CC(c1cc(NC(=O)c3ccccc3N(C)C)ccc1Cl)=N2. The summed E-state index contributed by atoms with van der Waals surface area (Å²) in [7, 11) is 3.83. The second kappa shape index (κ2) is 7.68. The van der Waals surface area contributed by atoms with E-state index >= 15 is 0 Å². The number of aliphatic imine (C=N–C) groups is 1. The molecule has 1 amide bonds. The van der Waals surface area contributed by atoms with Gasteiger partial charge in [-0.3, -0.25) is 4.79 Å². The number of pyridine rings is 1. The number of carbonyl (C=O) groups excluding carboxylic acids is 1. The predicted octanol–water partition coefficient (Wildman–Crippen LogP) is 5.04. The molecule has 0 saturated carbocycles. The largest absolute Gasteiger partial charge is 0.377 e. The van der Waals surface area contributed by atoms with Crippen molar-refractivity contribution in [3.05, 3.63) is 82.0 Å². The molecule has 1 aliphatic rings. The Morgan fingerprint density at radius 1 is 1.14 bits per heavy atom. The van der Waals surface area contributed by atoms with Gasteiger partial charge in [-0.05, 0) is 42.8 Å². The normalized spacial score (nSPS) is 12.3. The molecule has 146 valence electrons. The highest BCUT2D eigenvalue weighted by Crippen LogP contribution is 2.31. The highest BCUT2D eigenvalue weighted by molar-refractivity contribution is 6.34. The number of anilines is 2. The van der Waals surface area contributed by atoms with Crippen molar-refractivity contribution in [3.63, 3.8) is 0 Å². The summed E-state index contributed by atoms with van der Waals surface area (Å²) in [5, 5.41) is 3.58. The number of hydrogen-bond acceptors (Lipinski definition) is 4. The number of aryl methyl sites for hydroxylation is 1. The number of nitrogens with zero attached hydrogens (tertiary/aromatic N) is 3. The van der Waals surface area contributed by atoms with E-state index in [0.29, 0.717) is 22.7 Å². The van der Waals surface area contributed by atoms with Crippen LogP contribution in [0.15, 0.2) is 59.7 Å². The maximum absolute atomic E-state index is 12.9. The highest BCUT2D eigenvalue weighted by Gasteiger charge is 2.20. The van der Waals surface area contributed by atoms with Gasteiger partial charge in [-0.2, -0.15) is 0 Å². The molecule has 0 unspecified atom stereocenters. The Morgan fingerprint density at radius 2 is 1.93 bits per heavy atom. The predicted molar refractivity (Wildman–Crippen MR) is 119 cm³/mol. The standard InChI is InChI=1S/C23H21ClN4O/c1-14-10-15-11-20(27-22(15)25-13-14)18-12-16(8-9-19(18)24)26-23(29)17-6-4-5-7-21(17)28(2)3/h4-10,12-13H,11H2,1-3H3,(H,26,29). The summed E-state index contributed by atoms with van der Waals surface area (Å²) in [6.45, 7) is 2.01. The van der Waals surface area contributed by atoms with E-state index < -0.39 is 0 Å². The summed E-state index contributed by atoms with van der Waals surface area (Å²) in [4.78, 5) is 23.8. The number of halogens is 1. The molecule has 4 rings (SSSR count). The molecule has 1 aliphatic heterocycles. The Kier molecular flexibility index (Phi) is 5.07. The quantitative estimate of drug-likeness (QED) is 0.662. The molecule has 0 spiro atoms. The number of benzene rings is 2. The number of carbonyl (C=O) groups is 1. The molecule has 0 atom stereocenters. The monoisotopic (exact) mass is 404 g/mol. The minimum absolute atomic E-state index is 0.170. The van der Waals surface area contributed by atoms with Crippen LogP contribution in [0.3, 0.4) is 0 Å². The summed E-state index contributed by atoms with van der Waals surface area (Å²) >= 11 is 6.45. The van der Waals surface area contributed by atoms with Crippen LogP contribution in [-0.4, -0.2) is 30.7 Å². The zero-order valence-electron chi connectivity index (χ0n) is 16.5. The first kappa shape index (κ1) is 19.2. The maximum atomic E-state index is 12.9. The molecule has 1 aromatic heterocycles. The van der Waals surface area contributed by atoms with Gasteiger partial charge in [-0.1, -0.05) is 29.8 Å². The smallest absolute Gasteiger partial charge is 0.257 e. The number of para-hydroxylation sites is 1. The van der Waals surface area contributed by atoms with Crippen LogP contribution in [0.2, 0.25) is 5.02 Å². The number of nitrogens with one attached hydrogen (secondary N) is 1. The summed E-state index contributed by atoms with van der Waals surface area (Å²) in [6, 6.07) is 15.1. The van der Waals surface area contributed by atoms with Gasteiger partial charge in [0.2, 0.25) is 0 Å². The molecule has 1 N–H and O–H groups in total. The van der Waals surface area contributed by atoms with Gasteiger partial charge in [0.15, 0.2) is 5.82 Å². The van der Waals surface area contributed by atoms with Crippen molar-refractivity contribution in [2.24, 2.45) is 4.99 Å². The zero-order chi connectivity index (χ0) is 20.5. The van der Waals surface area contributed by atoms with Crippen molar-refractivity contribution in [2.45, 2.75) is 13.3 Å². The van der Waals surface area contributed by atoms with Gasteiger partial charge < -0.3 is 10.2 Å². The van der Waals surface area contributed by atoms with Crippen LogP contribution in [0, 0.1) is 6.92 Å². The van der Waals surface area contributed by atoms with Crippen molar-refractivity contribution in [1.82, 2.24) is 4.98 Å². The molecule has 5 nitrogen and oxygen atoms in total. The van der Waals surface area contributed by atoms with Crippen LogP contribution in [0.5, 0.6) is 0 Å². The van der Waals surface area contributed by atoms with Gasteiger partial charge >= 0.3 is 0 Å². The molecule has 3 aromatic rings. The van der Waals surface area contributed by atoms with E-state index in [9.17, 15) is 4.79 Å². The van der Waals surface area contributed by atoms with Gasteiger partial charge in [-0.25, -0.2) is 9.98 Å². The second-order valence-corrected chi connectivity index (χ2v) is 7.70. The topological polar surface area (TPSA) is 57.6 Å². The van der Waals surface area contributed by atoms with E-state index in [1.54, 1.807) is 12.1 Å². The molecule has 0 fully saturated rings. The first-order valence-electron chi connectivity index (χ1n) is 9.33. The Hall–Kier alpha value is -3.18. The summed E-state index contributed by atoms with van der Waals surface area (Å²) < 4.78 is 0. The summed E-state index contributed by atoms with van der Waals surface area (Å²) in [6.07, 6.45) is 2.48. The Labute approximate surface area is 175 Å². The first-order chi connectivity index (χ1) is 13.9. The van der Waals surface area contributed by atoms with Crippen LogP contribution >= 0.6 is 11.6 Å². The lowest BCUT2D eigenvalue weighted by atomic mass is 10.0. The number of aromatic nitrogens is 1. The minimum Gasteiger partial charge on any atom is -0.377 e. The molecule has 0 aliphatic carbocycles. The average molecular weight is 405 g/mol. The van der Waals surface area contributed by atoms with E-state index in [4.69, 9.17) is 11.6 Å². The molecule has 0 radical (unpaired) electrons. The summed E-state index contributed by atoms with van der Waals surface area (Å²) in [5.74, 6) is 0.563. The zero-order valence-corrected chi connectivity index (χ0v) is 17.3. The third-order valence-corrected chi connectivity index (χ3v) is 5.17. The average Bonchev–Trinajstić information content (AvgIpc) is 3.12. The summed E-state index contributed by atoms with van der Waals surface area (Å²) in [5.41, 5.74) is 5.99. The van der Waals surface area contributed by atoms with Gasteiger partial charge in [0.25, 0.3) is 5.91 Å². The van der Waals surface area contributed by atoms with Gasteiger partial charge in [-0.15, -0.1) is 0 Å². The van der Waals surface area contributed by atoms with Crippen LogP contribution in [0.25, 0.3) is 0 Å². The lowest BCUT2D eigenvalue weighted by Gasteiger charge is -2.17. The van der Waals surface area contributed by atoms with Crippen molar-refractivity contribution < 1.29 is 4.79 Å². The Morgan fingerprint density at radius 3 is 2.72 bits per heavy atom. The lowest BCUT2D eigenvalue weighted by molar-refractivity contribution is 0.102. The van der Waals surface area contributed by atoms with Crippen LogP contribution in [0.4, 0.5) is 17.2 Å². The lowest BCUT2D eigenvalue weighted by Crippen LogP contribution is -2.18. The van der Waals surface area contributed by atoms with Crippen LogP contribution in [0.1, 0.15) is 27.0 Å². The highest BCUT2D eigenvalue weighted by atomic mass is 35.5. The molecule has 0 saturated heterocycles. The Balaban J connectivity index is 1.61. The van der Waals surface area contributed by atoms with E-state index in [2.05, 4.69) is 21.4 Å². The maximum Gasteiger partial charge on any atom is 0.257 e. The van der Waals surface area contributed by atoms with E-state index in [0.717, 1.165) is 33.9 Å². The van der Waals surface area contributed by atoms with Gasteiger partial charge in [0.05, 0.1) is 11.3 Å². The van der Waals surface area contributed by atoms with E-state index in [1.165, 1.54) is 0 Å². The number of rotatable bonds is 4. The molecule has 29 heavy (non-hydrogen) atoms. The van der Waals surface area contributed by atoms with Crippen LogP contribution < -0.4 is 10.2 Å². The molecule has 6 heteroatoms. The van der Waals surface area contributed by atoms with Crippen molar-refractivity contribution in [1.29, 1.82) is 0 Å². The number of amides is 1. The molecular formula is C23H21ClN4O. The molecular weight excluding hydrogens is 384 g/mol. The molecule has 2 aromatic carbocycles. The minimum atomic E-state index is -0.170. The van der Waals surface area contributed by atoms with E-state index in [1.807, 2.05) is 62.4 Å². The molecule has 2 heterocycles. The van der Waals surface area contributed by atoms with Crippen molar-refractivity contribution in [3.8, 4) is 0 Å². The van der Waals surface area contributed by atoms with E-state index in [-0.39, 0.29) is 5.91 Å². The fourth-order valence-corrected chi connectivity index (χ4v) is 3.66. The Bertz CT molecular complexity index is 1140. The van der Waals surface area contributed by atoms with Gasteiger partial charge in [0.1, 0.15) is 0 Å². The third-order valence-electron chi connectivity index (χ3n) is 4.84. The first-order valence-corrected chi connectivity index (χ1v) is 9.71. The number of fused-ring (bicyclic) bond motifs is 1. The second-order valence-electron chi connectivity index (χ2n) is 7.29. The fourth-order valence-electron chi connectivity index (χ4n) is 3.43. The third kappa shape index (κ3) is 3.87. The number of hydrogen-bond donors (Lipinski definition) is 1. The van der Waals surface area contributed by atoms with Gasteiger partial charge in [0, 0.05) is 54.2 Å². The van der Waals surface area contributed by atoms with Crippen molar-refractivity contribution >= 4 is 40.4 Å².